The second-order valence-electron chi connectivity index (χ2n) is 6.48. The van der Waals surface area contributed by atoms with E-state index in [1.807, 2.05) is 24.0 Å². The molecule has 4 rings (SSSR count). The number of rotatable bonds is 1. The number of carbonyl (C=O) groups excluding carboxylic acids is 1. The molecule has 3 heterocycles. The first kappa shape index (κ1) is 16.6. The third kappa shape index (κ3) is 3.02. The molecule has 8 heteroatoms. The van der Waals surface area contributed by atoms with Crippen LogP contribution in [0.3, 0.4) is 0 Å². The lowest BCUT2D eigenvalue weighted by Crippen LogP contribution is -2.56. The Hall–Kier alpha value is -2.90. The predicted octanol–water partition coefficient (Wildman–Crippen LogP) is 2.15. The lowest BCUT2D eigenvalue weighted by atomic mass is 10.1. The van der Waals surface area contributed by atoms with Crippen LogP contribution >= 0.6 is 0 Å². The molecule has 7 nitrogen and oxygen atoms in total. The highest BCUT2D eigenvalue weighted by molar-refractivity contribution is 5.94. The second kappa shape index (κ2) is 6.78. The molecule has 1 unspecified atom stereocenters. The van der Waals surface area contributed by atoms with E-state index in [-0.39, 0.29) is 17.9 Å². The highest BCUT2D eigenvalue weighted by Gasteiger charge is 2.34. The zero-order valence-corrected chi connectivity index (χ0v) is 14.5. The molecule has 2 aliphatic rings. The first-order chi connectivity index (χ1) is 12.6. The molecule has 1 aromatic heterocycles. The summed E-state index contributed by atoms with van der Waals surface area (Å²) in [6, 6.07) is 7.87. The molecule has 0 saturated carbocycles. The summed E-state index contributed by atoms with van der Waals surface area (Å²) in [7, 11) is 0. The van der Waals surface area contributed by atoms with Crippen molar-refractivity contribution in [2.45, 2.75) is 13.0 Å². The second-order valence-corrected chi connectivity index (χ2v) is 6.48. The fourth-order valence-corrected chi connectivity index (χ4v) is 3.36. The van der Waals surface area contributed by atoms with Crippen LogP contribution in [0.2, 0.25) is 0 Å². The summed E-state index contributed by atoms with van der Waals surface area (Å²) in [6.45, 7) is 4.85. The highest BCUT2D eigenvalue weighted by atomic mass is 19.1. The molecule has 0 bridgehead atoms. The minimum atomic E-state index is -0.372. The molecule has 1 saturated heterocycles. The molecule has 0 spiro atoms. The van der Waals surface area contributed by atoms with Crippen LogP contribution in [0.25, 0.3) is 0 Å². The SMILES string of the molecule is CC1COc2cc(F)ccc2N1C(=O)N1CCN(c2cccnn2)CC1. The number of urea groups is 1. The Balaban J connectivity index is 1.49. The molecule has 2 amide bonds. The fourth-order valence-electron chi connectivity index (χ4n) is 3.36. The van der Waals surface area contributed by atoms with Gasteiger partial charge >= 0.3 is 6.03 Å². The molecule has 1 atom stereocenters. The van der Waals surface area contributed by atoms with Crippen LogP contribution in [0.15, 0.2) is 36.5 Å². The van der Waals surface area contributed by atoms with E-state index in [1.54, 1.807) is 17.2 Å². The zero-order chi connectivity index (χ0) is 18.1. The van der Waals surface area contributed by atoms with Crippen LogP contribution < -0.4 is 14.5 Å². The number of nitrogens with zero attached hydrogens (tertiary/aromatic N) is 5. The summed E-state index contributed by atoms with van der Waals surface area (Å²) >= 11 is 0. The van der Waals surface area contributed by atoms with E-state index in [0.29, 0.717) is 44.2 Å². The van der Waals surface area contributed by atoms with Gasteiger partial charge in [0.25, 0.3) is 0 Å². The van der Waals surface area contributed by atoms with E-state index < -0.39 is 0 Å². The van der Waals surface area contributed by atoms with Crippen molar-refractivity contribution in [1.29, 1.82) is 0 Å². The van der Waals surface area contributed by atoms with Gasteiger partial charge in [0.1, 0.15) is 18.2 Å². The maximum Gasteiger partial charge on any atom is 0.325 e. The zero-order valence-electron chi connectivity index (χ0n) is 14.5. The maximum atomic E-state index is 13.5. The number of benzene rings is 1. The van der Waals surface area contributed by atoms with E-state index in [0.717, 1.165) is 5.82 Å². The van der Waals surface area contributed by atoms with E-state index >= 15 is 0 Å². The number of fused-ring (bicyclic) bond motifs is 1. The summed E-state index contributed by atoms with van der Waals surface area (Å²) in [4.78, 5) is 18.8. The van der Waals surface area contributed by atoms with Crippen molar-refractivity contribution in [1.82, 2.24) is 15.1 Å². The van der Waals surface area contributed by atoms with Gasteiger partial charge in [-0.25, -0.2) is 9.18 Å². The Bertz CT molecular complexity index is 795. The topological polar surface area (TPSA) is 61.8 Å². The Labute approximate surface area is 151 Å². The van der Waals surface area contributed by atoms with Gasteiger partial charge in [-0.2, -0.15) is 5.10 Å². The number of aromatic nitrogens is 2. The summed E-state index contributed by atoms with van der Waals surface area (Å²) in [5, 5.41) is 8.03. The molecule has 0 aliphatic carbocycles. The smallest absolute Gasteiger partial charge is 0.325 e. The summed E-state index contributed by atoms with van der Waals surface area (Å²) < 4.78 is 19.1. The molecular formula is C18H20FN5O2. The van der Waals surface area contributed by atoms with Gasteiger partial charge in [0.05, 0.1) is 11.7 Å². The summed E-state index contributed by atoms with van der Waals surface area (Å²) in [6.07, 6.45) is 1.64. The molecule has 2 aromatic rings. The van der Waals surface area contributed by atoms with E-state index in [1.165, 1.54) is 12.1 Å². The molecule has 136 valence electrons. The van der Waals surface area contributed by atoms with Gasteiger partial charge in [0.2, 0.25) is 0 Å². The van der Waals surface area contributed by atoms with Gasteiger partial charge in [-0.05, 0) is 31.2 Å². The van der Waals surface area contributed by atoms with Crippen LogP contribution in [-0.2, 0) is 0 Å². The van der Waals surface area contributed by atoms with Gasteiger partial charge in [0.15, 0.2) is 5.82 Å². The summed E-state index contributed by atoms with van der Waals surface area (Å²) in [5.74, 6) is 0.859. The Morgan fingerprint density at radius 1 is 1.23 bits per heavy atom. The van der Waals surface area contributed by atoms with Gasteiger partial charge in [-0.1, -0.05) is 0 Å². The Morgan fingerprint density at radius 3 is 2.77 bits per heavy atom. The number of anilines is 2. The molecule has 1 fully saturated rings. The summed E-state index contributed by atoms with van der Waals surface area (Å²) in [5.41, 5.74) is 0.617. The van der Waals surface area contributed by atoms with Crippen LogP contribution in [0.1, 0.15) is 6.92 Å². The Kier molecular flexibility index (Phi) is 4.32. The lowest BCUT2D eigenvalue weighted by molar-refractivity contribution is 0.190. The fraction of sp³-hybridized carbons (Fsp3) is 0.389. The highest BCUT2D eigenvalue weighted by Crippen LogP contribution is 2.35. The van der Waals surface area contributed by atoms with Crippen molar-refractivity contribution in [3.8, 4) is 5.75 Å². The van der Waals surface area contributed by atoms with Crippen molar-refractivity contribution in [3.63, 3.8) is 0 Å². The number of hydrogen-bond donors (Lipinski definition) is 0. The number of ether oxygens (including phenoxy) is 1. The van der Waals surface area contributed by atoms with Crippen LogP contribution in [-0.4, -0.2) is 60.0 Å². The van der Waals surface area contributed by atoms with E-state index in [2.05, 4.69) is 15.1 Å². The first-order valence-corrected chi connectivity index (χ1v) is 8.66. The van der Waals surface area contributed by atoms with E-state index in [4.69, 9.17) is 4.74 Å². The van der Waals surface area contributed by atoms with Crippen molar-refractivity contribution >= 4 is 17.5 Å². The molecule has 0 N–H and O–H groups in total. The number of piperazine rings is 1. The number of carbonyl (C=O) groups is 1. The van der Waals surface area contributed by atoms with Crippen LogP contribution in [0.4, 0.5) is 20.7 Å². The monoisotopic (exact) mass is 357 g/mol. The standard InChI is InChI=1S/C18H20FN5O2/c1-13-12-26-16-11-14(19)4-5-15(16)24(13)18(25)23-9-7-22(8-10-23)17-3-2-6-20-21-17/h2-6,11,13H,7-10,12H2,1H3. The molecular weight excluding hydrogens is 337 g/mol. The number of amides is 2. The third-order valence-electron chi connectivity index (χ3n) is 4.74. The van der Waals surface area contributed by atoms with Crippen molar-refractivity contribution in [2.24, 2.45) is 0 Å². The van der Waals surface area contributed by atoms with Crippen molar-refractivity contribution in [3.05, 3.63) is 42.3 Å². The number of halogens is 1. The van der Waals surface area contributed by atoms with Gasteiger partial charge in [-0.3, -0.25) is 4.90 Å². The first-order valence-electron chi connectivity index (χ1n) is 8.66. The van der Waals surface area contributed by atoms with Gasteiger partial charge in [0, 0.05) is 38.4 Å². The Morgan fingerprint density at radius 2 is 2.04 bits per heavy atom. The molecule has 26 heavy (non-hydrogen) atoms. The van der Waals surface area contributed by atoms with Gasteiger partial charge < -0.3 is 14.5 Å². The lowest BCUT2D eigenvalue weighted by Gasteiger charge is -2.41. The largest absolute Gasteiger partial charge is 0.489 e. The average molecular weight is 357 g/mol. The quantitative estimate of drug-likeness (QED) is 0.783. The van der Waals surface area contributed by atoms with Crippen molar-refractivity contribution in [2.75, 3.05) is 42.6 Å². The average Bonchev–Trinajstić information content (AvgIpc) is 2.68. The molecule has 0 radical (unpaired) electrons. The maximum absolute atomic E-state index is 13.5. The van der Waals surface area contributed by atoms with Gasteiger partial charge in [-0.15, -0.1) is 5.10 Å². The molecule has 2 aliphatic heterocycles. The minimum absolute atomic E-state index is 0.0764. The van der Waals surface area contributed by atoms with Crippen LogP contribution in [0, 0.1) is 5.82 Å². The third-order valence-corrected chi connectivity index (χ3v) is 4.74. The normalized spacial score (nSPS) is 19.8. The predicted molar refractivity (Wildman–Crippen MR) is 95.1 cm³/mol. The number of hydrogen-bond acceptors (Lipinski definition) is 5. The van der Waals surface area contributed by atoms with Crippen molar-refractivity contribution < 1.29 is 13.9 Å². The van der Waals surface area contributed by atoms with E-state index in [9.17, 15) is 9.18 Å². The van der Waals surface area contributed by atoms with Crippen LogP contribution in [0.5, 0.6) is 5.75 Å². The molecule has 1 aromatic carbocycles. The minimum Gasteiger partial charge on any atom is -0.489 e.